The van der Waals surface area contributed by atoms with Crippen LogP contribution in [0.5, 0.6) is 0 Å². The first-order chi connectivity index (χ1) is 9.06. The number of aliphatic carboxylic acids is 1. The molecule has 1 unspecified atom stereocenters. The minimum absolute atomic E-state index is 0.0222. The number of carboxylic acid groups (broad SMARTS) is 1. The molecule has 3 amide bonds. The Balaban J connectivity index is 4.33. The molecule has 0 heterocycles. The normalized spacial score (nSPS) is 12.8. The zero-order valence-corrected chi connectivity index (χ0v) is 12.5. The van der Waals surface area contributed by atoms with Crippen molar-refractivity contribution in [2.45, 2.75) is 46.6 Å². The minimum Gasteiger partial charge on any atom is -0.480 e. The largest absolute Gasteiger partial charge is 0.480 e. The lowest BCUT2D eigenvalue weighted by atomic mass is 9.81. The molecule has 1 atom stereocenters. The van der Waals surface area contributed by atoms with E-state index in [2.05, 4.69) is 10.6 Å². The molecule has 0 spiro atoms. The SMILES string of the molecule is CC(C)C(C)(C)CNC(=O)NC(CCC(N)=O)C(=O)O. The number of hydrogen-bond donors (Lipinski definition) is 4. The predicted octanol–water partition coefficient (Wildman–Crippen LogP) is 0.687. The van der Waals surface area contributed by atoms with Gasteiger partial charge in [-0.05, 0) is 17.8 Å². The van der Waals surface area contributed by atoms with E-state index in [-0.39, 0.29) is 18.3 Å². The molecule has 0 aliphatic heterocycles. The second-order valence-electron chi connectivity index (χ2n) is 5.87. The van der Waals surface area contributed by atoms with E-state index >= 15 is 0 Å². The maximum atomic E-state index is 11.7. The molecule has 0 aromatic rings. The van der Waals surface area contributed by atoms with Gasteiger partial charge in [0.25, 0.3) is 0 Å². The lowest BCUT2D eigenvalue weighted by Crippen LogP contribution is -2.48. The molecule has 0 saturated carbocycles. The Kier molecular flexibility index (Phi) is 7.02. The number of carboxylic acids is 1. The Hall–Kier alpha value is -1.79. The van der Waals surface area contributed by atoms with Gasteiger partial charge >= 0.3 is 12.0 Å². The van der Waals surface area contributed by atoms with Crippen LogP contribution in [0.15, 0.2) is 0 Å². The molecule has 7 nitrogen and oxygen atoms in total. The average molecular weight is 287 g/mol. The first kappa shape index (κ1) is 18.2. The number of urea groups is 1. The van der Waals surface area contributed by atoms with Crippen molar-refractivity contribution in [2.24, 2.45) is 17.1 Å². The summed E-state index contributed by atoms with van der Waals surface area (Å²) in [7, 11) is 0. The summed E-state index contributed by atoms with van der Waals surface area (Å²) in [4.78, 5) is 33.3. The van der Waals surface area contributed by atoms with Gasteiger partial charge in [0, 0.05) is 13.0 Å². The van der Waals surface area contributed by atoms with E-state index in [1.807, 2.05) is 27.7 Å². The van der Waals surface area contributed by atoms with Crippen molar-refractivity contribution in [1.29, 1.82) is 0 Å². The highest BCUT2D eigenvalue weighted by atomic mass is 16.4. The number of rotatable bonds is 8. The van der Waals surface area contributed by atoms with Crippen LogP contribution < -0.4 is 16.4 Å². The summed E-state index contributed by atoms with van der Waals surface area (Å²) < 4.78 is 0. The van der Waals surface area contributed by atoms with Crippen LogP contribution in [0.2, 0.25) is 0 Å². The van der Waals surface area contributed by atoms with Crippen molar-refractivity contribution in [1.82, 2.24) is 10.6 Å². The number of carbonyl (C=O) groups excluding carboxylic acids is 2. The molecule has 0 aromatic heterocycles. The highest BCUT2D eigenvalue weighted by Gasteiger charge is 2.25. The quantitative estimate of drug-likeness (QED) is 0.524. The Morgan fingerprint density at radius 2 is 1.80 bits per heavy atom. The lowest BCUT2D eigenvalue weighted by molar-refractivity contribution is -0.139. The fourth-order valence-electron chi connectivity index (χ4n) is 1.27. The van der Waals surface area contributed by atoms with E-state index in [9.17, 15) is 14.4 Å². The van der Waals surface area contributed by atoms with Gasteiger partial charge in [-0.15, -0.1) is 0 Å². The van der Waals surface area contributed by atoms with Crippen LogP contribution in [0.4, 0.5) is 4.79 Å². The summed E-state index contributed by atoms with van der Waals surface area (Å²) in [5.41, 5.74) is 4.87. The van der Waals surface area contributed by atoms with Gasteiger partial charge in [0.1, 0.15) is 6.04 Å². The van der Waals surface area contributed by atoms with Crippen LogP contribution in [0.3, 0.4) is 0 Å². The van der Waals surface area contributed by atoms with E-state index in [4.69, 9.17) is 10.8 Å². The third-order valence-corrected chi connectivity index (χ3v) is 3.55. The number of hydrogen-bond acceptors (Lipinski definition) is 3. The molecular weight excluding hydrogens is 262 g/mol. The Morgan fingerprint density at radius 1 is 1.25 bits per heavy atom. The van der Waals surface area contributed by atoms with Gasteiger partial charge in [-0.3, -0.25) is 4.79 Å². The molecule has 5 N–H and O–H groups in total. The van der Waals surface area contributed by atoms with Crippen LogP contribution in [0.25, 0.3) is 0 Å². The van der Waals surface area contributed by atoms with Crippen LogP contribution in [0, 0.1) is 11.3 Å². The minimum atomic E-state index is -1.19. The van der Waals surface area contributed by atoms with Gasteiger partial charge in [0.2, 0.25) is 5.91 Å². The van der Waals surface area contributed by atoms with E-state index < -0.39 is 23.9 Å². The van der Waals surface area contributed by atoms with Crippen molar-refractivity contribution in [3.63, 3.8) is 0 Å². The summed E-state index contributed by atoms with van der Waals surface area (Å²) in [6.07, 6.45) is -0.111. The molecule has 0 bridgehead atoms. The highest BCUT2D eigenvalue weighted by Crippen LogP contribution is 2.24. The molecule has 0 radical (unpaired) electrons. The van der Waals surface area contributed by atoms with Crippen molar-refractivity contribution in [3.05, 3.63) is 0 Å². The van der Waals surface area contributed by atoms with Gasteiger partial charge in [-0.25, -0.2) is 9.59 Å². The van der Waals surface area contributed by atoms with Crippen LogP contribution in [0.1, 0.15) is 40.5 Å². The summed E-state index contributed by atoms with van der Waals surface area (Å²) in [6, 6.07) is -1.68. The molecule has 20 heavy (non-hydrogen) atoms. The Morgan fingerprint density at radius 3 is 2.20 bits per heavy atom. The molecule has 0 aromatic carbocycles. The smallest absolute Gasteiger partial charge is 0.326 e. The molecular formula is C13H25N3O4. The zero-order chi connectivity index (χ0) is 15.9. The lowest BCUT2D eigenvalue weighted by Gasteiger charge is -2.29. The number of primary amides is 1. The summed E-state index contributed by atoms with van der Waals surface area (Å²) in [6.45, 7) is 8.55. The standard InChI is InChI=1S/C13H25N3O4/c1-8(2)13(3,4)7-15-12(20)16-9(11(18)19)5-6-10(14)17/h8-9H,5-7H2,1-4H3,(H2,14,17)(H,18,19)(H2,15,16,20). The van der Waals surface area contributed by atoms with Gasteiger partial charge in [0.05, 0.1) is 0 Å². The third kappa shape index (κ3) is 6.96. The fourth-order valence-corrected chi connectivity index (χ4v) is 1.27. The topological polar surface area (TPSA) is 122 Å². The molecule has 0 fully saturated rings. The highest BCUT2D eigenvalue weighted by molar-refractivity contribution is 5.83. The van der Waals surface area contributed by atoms with Crippen molar-refractivity contribution in [2.75, 3.05) is 6.54 Å². The van der Waals surface area contributed by atoms with E-state index in [1.54, 1.807) is 0 Å². The predicted molar refractivity (Wildman–Crippen MR) is 75.0 cm³/mol. The second kappa shape index (κ2) is 7.72. The van der Waals surface area contributed by atoms with E-state index in [0.717, 1.165) is 0 Å². The third-order valence-electron chi connectivity index (χ3n) is 3.55. The molecule has 0 rings (SSSR count). The maximum Gasteiger partial charge on any atom is 0.326 e. The first-order valence-electron chi connectivity index (χ1n) is 6.61. The molecule has 116 valence electrons. The van der Waals surface area contributed by atoms with Crippen molar-refractivity contribution >= 4 is 17.9 Å². The molecule has 7 heteroatoms. The summed E-state index contributed by atoms with van der Waals surface area (Å²) in [5, 5.41) is 13.9. The number of nitrogens with two attached hydrogens (primary N) is 1. The summed E-state index contributed by atoms with van der Waals surface area (Å²) >= 11 is 0. The van der Waals surface area contributed by atoms with Crippen LogP contribution in [-0.4, -0.2) is 35.6 Å². The molecule has 0 aliphatic rings. The second-order valence-corrected chi connectivity index (χ2v) is 5.87. The molecule has 0 aliphatic carbocycles. The maximum absolute atomic E-state index is 11.7. The Labute approximate surface area is 119 Å². The van der Waals surface area contributed by atoms with Gasteiger partial charge in [-0.1, -0.05) is 27.7 Å². The fraction of sp³-hybridized carbons (Fsp3) is 0.769. The molecule has 0 saturated heterocycles. The monoisotopic (exact) mass is 287 g/mol. The Bertz CT molecular complexity index is 367. The summed E-state index contributed by atoms with van der Waals surface area (Å²) in [5.74, 6) is -1.42. The van der Waals surface area contributed by atoms with Gasteiger partial charge in [0.15, 0.2) is 0 Å². The van der Waals surface area contributed by atoms with Crippen LogP contribution in [-0.2, 0) is 9.59 Å². The zero-order valence-electron chi connectivity index (χ0n) is 12.5. The number of amides is 3. The van der Waals surface area contributed by atoms with Crippen LogP contribution >= 0.6 is 0 Å². The number of nitrogens with one attached hydrogen (secondary N) is 2. The average Bonchev–Trinajstić information content (AvgIpc) is 2.31. The van der Waals surface area contributed by atoms with Gasteiger partial charge in [-0.2, -0.15) is 0 Å². The number of carbonyl (C=O) groups is 3. The first-order valence-corrected chi connectivity index (χ1v) is 6.61. The van der Waals surface area contributed by atoms with Gasteiger partial charge < -0.3 is 21.5 Å². The van der Waals surface area contributed by atoms with E-state index in [0.29, 0.717) is 12.5 Å². The van der Waals surface area contributed by atoms with E-state index in [1.165, 1.54) is 0 Å². The van der Waals surface area contributed by atoms with Crippen molar-refractivity contribution in [3.8, 4) is 0 Å². The van der Waals surface area contributed by atoms with Crippen molar-refractivity contribution < 1.29 is 19.5 Å².